The van der Waals surface area contributed by atoms with Gasteiger partial charge in [-0.2, -0.15) is 0 Å². The van der Waals surface area contributed by atoms with Crippen LogP contribution in [0.2, 0.25) is 0 Å². The Balaban J connectivity index is 0.978. The number of aromatic nitrogens is 5. The van der Waals surface area contributed by atoms with Crippen LogP contribution in [0, 0.1) is 0 Å². The summed E-state index contributed by atoms with van der Waals surface area (Å²) in [4.78, 5) is 19.8. The lowest BCUT2D eigenvalue weighted by Gasteiger charge is -2.13. The summed E-state index contributed by atoms with van der Waals surface area (Å²) < 4.78 is 7.35. The smallest absolute Gasteiger partial charge is 0.164 e. The molecule has 0 N–H and O–H groups in total. The largest absolute Gasteiger partial charge is 0.309 e. The van der Waals surface area contributed by atoms with E-state index < -0.39 is 0 Å². The Morgan fingerprint density at radius 1 is 0.349 bits per heavy atom. The molecule has 0 fully saturated rings. The first-order valence-electron chi connectivity index (χ1n) is 20.9. The second kappa shape index (κ2) is 14.4. The minimum absolute atomic E-state index is 0.631. The molecule has 0 saturated heterocycles. The van der Waals surface area contributed by atoms with Crippen molar-refractivity contribution in [1.82, 2.24) is 24.5 Å². The number of rotatable bonds is 6. The molecule has 0 saturated carbocycles. The first kappa shape index (κ1) is 35.9. The van der Waals surface area contributed by atoms with Crippen molar-refractivity contribution in [1.29, 1.82) is 0 Å². The van der Waals surface area contributed by atoms with Gasteiger partial charge < -0.3 is 4.57 Å². The number of hydrogen-bond donors (Lipinski definition) is 0. The minimum atomic E-state index is 0.631. The second-order valence-corrected chi connectivity index (χ2v) is 18.0. The number of fused-ring (bicyclic) bond motifs is 9. The normalized spacial score (nSPS) is 11.8. The van der Waals surface area contributed by atoms with Crippen LogP contribution in [-0.2, 0) is 0 Å². The number of para-hydroxylation sites is 1. The third kappa shape index (κ3) is 5.97. The Labute approximate surface area is 369 Å². The monoisotopic (exact) mass is 839 g/mol. The van der Waals surface area contributed by atoms with Gasteiger partial charge >= 0.3 is 0 Å². The van der Waals surface area contributed by atoms with E-state index in [1.54, 1.807) is 11.3 Å². The summed E-state index contributed by atoms with van der Waals surface area (Å²) >= 11 is 3.60. The maximum Gasteiger partial charge on any atom is 0.164 e. The van der Waals surface area contributed by atoms with Gasteiger partial charge in [0.25, 0.3) is 0 Å². The molecule has 5 aromatic heterocycles. The highest BCUT2D eigenvalue weighted by Gasteiger charge is 2.19. The van der Waals surface area contributed by atoms with Gasteiger partial charge in [-0.05, 0) is 71.3 Å². The number of pyridine rings is 1. The number of benzene rings is 8. The molecule has 0 bridgehead atoms. The number of thiophene rings is 2. The van der Waals surface area contributed by atoms with E-state index in [4.69, 9.17) is 15.0 Å². The molecule has 13 rings (SSSR count). The summed E-state index contributed by atoms with van der Waals surface area (Å²) in [6.07, 6.45) is 3.88. The van der Waals surface area contributed by atoms with Crippen LogP contribution < -0.4 is 0 Å². The lowest BCUT2D eigenvalue weighted by atomic mass is 10.00. The van der Waals surface area contributed by atoms with E-state index in [1.807, 2.05) is 41.9 Å². The fourth-order valence-corrected chi connectivity index (χ4v) is 11.4. The standard InChI is InChI=1S/C56H33N5S2/c1-3-11-34(12-4-1)38-23-25-42-41-15-7-9-17-48(41)61(49(42)30-38)40-31-45(53-47(32-40)44-27-28-57-33-52(44)63-53)35-19-21-37(22-20-35)55-58-54(36-13-5-2-6-14-36)59-56(60-55)39-24-26-51-46(29-39)43-16-8-10-18-50(43)62-51/h1-33H. The van der Waals surface area contributed by atoms with Crippen LogP contribution >= 0.6 is 22.7 Å². The van der Waals surface area contributed by atoms with Crippen LogP contribution in [0.5, 0.6) is 0 Å². The van der Waals surface area contributed by atoms with Crippen molar-refractivity contribution >= 4 is 84.8 Å². The van der Waals surface area contributed by atoms with Gasteiger partial charge in [-0.3, -0.25) is 4.98 Å². The van der Waals surface area contributed by atoms with Gasteiger partial charge in [0.05, 0.1) is 15.7 Å². The summed E-state index contributed by atoms with van der Waals surface area (Å²) in [6, 6.07) is 67.1. The Bertz CT molecular complexity index is 3910. The second-order valence-electron chi connectivity index (χ2n) is 15.9. The molecule has 0 amide bonds. The summed E-state index contributed by atoms with van der Waals surface area (Å²) in [5, 5.41) is 7.33. The molecule has 0 aliphatic heterocycles. The quantitative estimate of drug-likeness (QED) is 0.167. The van der Waals surface area contributed by atoms with E-state index in [0.717, 1.165) is 38.2 Å². The molecule has 0 atom stereocenters. The van der Waals surface area contributed by atoms with Crippen molar-refractivity contribution in [3.05, 3.63) is 200 Å². The van der Waals surface area contributed by atoms with E-state index in [1.165, 1.54) is 68.6 Å². The molecule has 0 aliphatic rings. The lowest BCUT2D eigenvalue weighted by Crippen LogP contribution is -2.00. The average molecular weight is 840 g/mol. The van der Waals surface area contributed by atoms with Gasteiger partial charge in [-0.15, -0.1) is 22.7 Å². The molecular formula is C56H33N5S2. The number of hydrogen-bond acceptors (Lipinski definition) is 6. The zero-order valence-corrected chi connectivity index (χ0v) is 35.2. The summed E-state index contributed by atoms with van der Waals surface area (Å²) in [5.41, 5.74) is 10.9. The molecule has 5 nitrogen and oxygen atoms in total. The van der Waals surface area contributed by atoms with Crippen molar-refractivity contribution in [3.63, 3.8) is 0 Å². The third-order valence-electron chi connectivity index (χ3n) is 12.2. The zero-order valence-electron chi connectivity index (χ0n) is 33.6. The summed E-state index contributed by atoms with van der Waals surface area (Å²) in [7, 11) is 0. The summed E-state index contributed by atoms with van der Waals surface area (Å²) in [6.45, 7) is 0. The third-order valence-corrected chi connectivity index (χ3v) is 14.5. The van der Waals surface area contributed by atoms with Crippen LogP contribution in [-0.4, -0.2) is 24.5 Å². The van der Waals surface area contributed by atoms with Crippen LogP contribution in [0.1, 0.15) is 0 Å². The summed E-state index contributed by atoms with van der Waals surface area (Å²) in [5.74, 6) is 1.92. The molecule has 63 heavy (non-hydrogen) atoms. The predicted octanol–water partition coefficient (Wildman–Crippen LogP) is 15.4. The van der Waals surface area contributed by atoms with E-state index in [2.05, 4.69) is 179 Å². The molecule has 8 aromatic carbocycles. The molecule has 0 unspecified atom stereocenters. The van der Waals surface area contributed by atoms with E-state index in [-0.39, 0.29) is 0 Å². The van der Waals surface area contributed by atoms with Gasteiger partial charge in [-0.1, -0.05) is 133 Å². The maximum absolute atomic E-state index is 5.16. The topological polar surface area (TPSA) is 56.5 Å². The molecule has 0 aliphatic carbocycles. The van der Waals surface area contributed by atoms with Crippen LogP contribution in [0.25, 0.3) is 124 Å². The maximum atomic E-state index is 5.16. The van der Waals surface area contributed by atoms with Crippen LogP contribution in [0.3, 0.4) is 0 Å². The van der Waals surface area contributed by atoms with E-state index in [9.17, 15) is 0 Å². The average Bonchev–Trinajstić information content (AvgIpc) is 4.03. The highest BCUT2D eigenvalue weighted by atomic mass is 32.1. The molecule has 13 aromatic rings. The van der Waals surface area contributed by atoms with Crippen molar-refractivity contribution in [2.24, 2.45) is 0 Å². The fraction of sp³-hybridized carbons (Fsp3) is 0. The highest BCUT2D eigenvalue weighted by Crippen LogP contribution is 2.44. The highest BCUT2D eigenvalue weighted by molar-refractivity contribution is 7.26. The fourth-order valence-electron chi connectivity index (χ4n) is 9.13. The molecule has 0 radical (unpaired) electrons. The predicted molar refractivity (Wildman–Crippen MR) is 265 cm³/mol. The van der Waals surface area contributed by atoms with Gasteiger partial charge in [-0.25, -0.2) is 15.0 Å². The Hall–Kier alpha value is -7.84. The van der Waals surface area contributed by atoms with Crippen molar-refractivity contribution in [2.75, 3.05) is 0 Å². The molecule has 294 valence electrons. The van der Waals surface area contributed by atoms with Crippen molar-refractivity contribution in [3.8, 4) is 62.1 Å². The minimum Gasteiger partial charge on any atom is -0.309 e. The molecule has 5 heterocycles. The Morgan fingerprint density at radius 2 is 0.952 bits per heavy atom. The van der Waals surface area contributed by atoms with E-state index in [0.29, 0.717) is 17.5 Å². The molecular weight excluding hydrogens is 807 g/mol. The van der Waals surface area contributed by atoms with Crippen molar-refractivity contribution in [2.45, 2.75) is 0 Å². The first-order valence-corrected chi connectivity index (χ1v) is 22.6. The van der Waals surface area contributed by atoms with E-state index >= 15 is 0 Å². The lowest BCUT2D eigenvalue weighted by molar-refractivity contribution is 1.07. The van der Waals surface area contributed by atoms with Crippen LogP contribution in [0.4, 0.5) is 0 Å². The van der Waals surface area contributed by atoms with Gasteiger partial charge in [0.15, 0.2) is 17.5 Å². The molecule has 7 heteroatoms. The molecule has 0 spiro atoms. The zero-order chi connectivity index (χ0) is 41.4. The van der Waals surface area contributed by atoms with Gasteiger partial charge in [0.2, 0.25) is 0 Å². The van der Waals surface area contributed by atoms with Gasteiger partial charge in [0, 0.05) is 86.8 Å². The Morgan fingerprint density at radius 3 is 1.76 bits per heavy atom. The SMILES string of the molecule is c1ccc(-c2ccc3c4ccccc4n(-c4cc(-c5ccc(-c6nc(-c7ccccc7)nc(-c7ccc8sc9ccccc9c8c7)n6)cc5)c5sc6cnccc6c5c4)c3c2)cc1. The first-order chi connectivity index (χ1) is 31.2. The Kier molecular flexibility index (Phi) is 8.19. The van der Waals surface area contributed by atoms with Crippen LogP contribution in [0.15, 0.2) is 200 Å². The van der Waals surface area contributed by atoms with Crippen molar-refractivity contribution < 1.29 is 0 Å². The number of nitrogens with zero attached hydrogens (tertiary/aromatic N) is 5. The van der Waals surface area contributed by atoms with Gasteiger partial charge in [0.1, 0.15) is 0 Å².